The fourth-order valence-electron chi connectivity index (χ4n) is 2.39. The first-order valence-electron chi connectivity index (χ1n) is 6.44. The molecule has 108 valence electrons. The molecule has 2 rings (SSSR count). The predicted molar refractivity (Wildman–Crippen MR) is 72.0 cm³/mol. The number of piperidine rings is 1. The van der Waals surface area contributed by atoms with Gasteiger partial charge >= 0.3 is 0 Å². The first kappa shape index (κ1) is 14.5. The van der Waals surface area contributed by atoms with Gasteiger partial charge in [0.2, 0.25) is 10.0 Å². The van der Waals surface area contributed by atoms with Crippen molar-refractivity contribution in [2.75, 3.05) is 26.8 Å². The fourth-order valence-corrected chi connectivity index (χ4v) is 3.88. The van der Waals surface area contributed by atoms with Gasteiger partial charge in [-0.25, -0.2) is 8.42 Å². The molecule has 0 radical (unpaired) electrons. The first-order valence-corrected chi connectivity index (χ1v) is 7.88. The van der Waals surface area contributed by atoms with E-state index in [1.54, 1.807) is 17.5 Å². The molecule has 2 heterocycles. The Morgan fingerprint density at radius 3 is 2.68 bits per heavy atom. The summed E-state index contributed by atoms with van der Waals surface area (Å²) in [5.41, 5.74) is 6.21. The van der Waals surface area contributed by atoms with E-state index in [1.807, 2.05) is 0 Å². The van der Waals surface area contributed by atoms with Gasteiger partial charge in [0.25, 0.3) is 0 Å². The van der Waals surface area contributed by atoms with Gasteiger partial charge in [0.1, 0.15) is 0 Å². The Labute approximate surface area is 114 Å². The molecule has 1 fully saturated rings. The van der Waals surface area contributed by atoms with E-state index in [-0.39, 0.29) is 0 Å². The fraction of sp³-hybridized carbons (Fsp3) is 0.667. The highest BCUT2D eigenvalue weighted by Gasteiger charge is 2.29. The molecule has 1 saturated heterocycles. The normalized spacial score (nSPS) is 18.8. The van der Waals surface area contributed by atoms with Crippen molar-refractivity contribution < 1.29 is 13.2 Å². The summed E-state index contributed by atoms with van der Waals surface area (Å²) in [6, 6.07) is 1.61. The van der Waals surface area contributed by atoms with Crippen molar-refractivity contribution in [2.45, 2.75) is 24.3 Å². The second-order valence-corrected chi connectivity index (χ2v) is 6.81. The highest BCUT2D eigenvalue weighted by molar-refractivity contribution is 7.89. The minimum absolute atomic E-state index is 0.304. The summed E-state index contributed by atoms with van der Waals surface area (Å²) in [5.74, 6) is 0.460. The summed E-state index contributed by atoms with van der Waals surface area (Å²) in [6.07, 6.45) is 3.21. The van der Waals surface area contributed by atoms with E-state index >= 15 is 0 Å². The quantitative estimate of drug-likeness (QED) is 0.826. The molecule has 0 aliphatic carbocycles. The van der Waals surface area contributed by atoms with Crippen molar-refractivity contribution >= 4 is 10.0 Å². The third kappa shape index (κ3) is 3.17. The molecular formula is C12H21N3O3S. The molecule has 0 bridgehead atoms. The number of hydrogen-bond donors (Lipinski definition) is 2. The molecular weight excluding hydrogens is 266 g/mol. The molecule has 1 aliphatic rings. The Morgan fingerprint density at radius 2 is 2.16 bits per heavy atom. The summed E-state index contributed by atoms with van der Waals surface area (Å²) >= 11 is 0. The van der Waals surface area contributed by atoms with Crippen LogP contribution in [0, 0.1) is 5.92 Å². The number of aromatic nitrogens is 1. The lowest BCUT2D eigenvalue weighted by atomic mass is 9.99. The van der Waals surface area contributed by atoms with Gasteiger partial charge in [-0.3, -0.25) is 0 Å². The van der Waals surface area contributed by atoms with E-state index in [9.17, 15) is 8.42 Å². The van der Waals surface area contributed by atoms with Crippen molar-refractivity contribution in [3.8, 4) is 0 Å². The molecule has 1 aliphatic heterocycles. The topological polar surface area (TPSA) is 88.4 Å². The molecule has 0 amide bonds. The number of H-pyrrole nitrogens is 1. The molecule has 1 aromatic heterocycles. The van der Waals surface area contributed by atoms with Crippen LogP contribution in [0.3, 0.4) is 0 Å². The summed E-state index contributed by atoms with van der Waals surface area (Å²) < 4.78 is 31.5. The van der Waals surface area contributed by atoms with Crippen LogP contribution in [0.1, 0.15) is 18.5 Å². The van der Waals surface area contributed by atoms with Gasteiger partial charge in [0.15, 0.2) is 0 Å². The number of hydrogen-bond acceptors (Lipinski definition) is 4. The van der Waals surface area contributed by atoms with Crippen molar-refractivity contribution in [1.82, 2.24) is 9.29 Å². The molecule has 0 saturated carbocycles. The van der Waals surface area contributed by atoms with E-state index in [1.165, 1.54) is 6.20 Å². The minimum atomic E-state index is -3.38. The summed E-state index contributed by atoms with van der Waals surface area (Å²) in [6.45, 7) is 2.12. The lowest BCUT2D eigenvalue weighted by molar-refractivity contribution is 0.121. The zero-order valence-electron chi connectivity index (χ0n) is 11.1. The van der Waals surface area contributed by atoms with E-state index in [0.29, 0.717) is 37.1 Å². The highest BCUT2D eigenvalue weighted by atomic mass is 32.2. The monoisotopic (exact) mass is 287 g/mol. The van der Waals surface area contributed by atoms with E-state index in [0.717, 1.165) is 18.5 Å². The van der Waals surface area contributed by atoms with Crippen LogP contribution < -0.4 is 5.73 Å². The van der Waals surface area contributed by atoms with Gasteiger partial charge < -0.3 is 15.5 Å². The van der Waals surface area contributed by atoms with E-state index in [2.05, 4.69) is 4.98 Å². The van der Waals surface area contributed by atoms with Crippen LogP contribution in [0.2, 0.25) is 0 Å². The Kier molecular flexibility index (Phi) is 4.62. The second kappa shape index (κ2) is 6.04. The third-order valence-corrected chi connectivity index (χ3v) is 5.43. The number of sulfonamides is 1. The van der Waals surface area contributed by atoms with Crippen molar-refractivity contribution in [3.05, 3.63) is 18.0 Å². The van der Waals surface area contributed by atoms with Gasteiger partial charge in [0, 0.05) is 45.2 Å². The zero-order valence-corrected chi connectivity index (χ0v) is 11.9. The Hall–Kier alpha value is -0.890. The maximum Gasteiger partial charge on any atom is 0.244 e. The smallest absolute Gasteiger partial charge is 0.244 e. The second-order valence-electron chi connectivity index (χ2n) is 4.87. The third-order valence-electron chi connectivity index (χ3n) is 3.55. The van der Waals surface area contributed by atoms with Crippen LogP contribution in [0.15, 0.2) is 17.2 Å². The average molecular weight is 287 g/mol. The summed E-state index contributed by atoms with van der Waals surface area (Å²) in [5, 5.41) is 0. The zero-order chi connectivity index (χ0) is 13.9. The Bertz CT molecular complexity index is 504. The van der Waals surface area contributed by atoms with Crippen molar-refractivity contribution in [2.24, 2.45) is 11.7 Å². The number of rotatable bonds is 5. The molecule has 0 spiro atoms. The van der Waals surface area contributed by atoms with Crippen molar-refractivity contribution in [1.29, 1.82) is 0 Å². The van der Waals surface area contributed by atoms with Crippen LogP contribution in [0.25, 0.3) is 0 Å². The maximum atomic E-state index is 12.4. The summed E-state index contributed by atoms with van der Waals surface area (Å²) in [4.78, 5) is 3.18. The van der Waals surface area contributed by atoms with Crippen LogP contribution in [0.4, 0.5) is 0 Å². The SMILES string of the molecule is COCC1CCN(S(=O)(=O)c2c[nH]c(CN)c2)CC1. The highest BCUT2D eigenvalue weighted by Crippen LogP contribution is 2.24. The van der Waals surface area contributed by atoms with E-state index in [4.69, 9.17) is 10.5 Å². The lowest BCUT2D eigenvalue weighted by Crippen LogP contribution is -2.39. The van der Waals surface area contributed by atoms with Crippen LogP contribution in [-0.4, -0.2) is 44.5 Å². The minimum Gasteiger partial charge on any atom is -0.384 e. The molecule has 3 N–H and O–H groups in total. The lowest BCUT2D eigenvalue weighted by Gasteiger charge is -2.30. The molecule has 6 nitrogen and oxygen atoms in total. The summed E-state index contributed by atoms with van der Waals surface area (Å²) in [7, 11) is -1.71. The van der Waals surface area contributed by atoms with E-state index < -0.39 is 10.0 Å². The van der Waals surface area contributed by atoms with Crippen LogP contribution >= 0.6 is 0 Å². The van der Waals surface area contributed by atoms with Crippen LogP contribution in [0.5, 0.6) is 0 Å². The largest absolute Gasteiger partial charge is 0.384 e. The standard InChI is InChI=1S/C12H21N3O3S/c1-18-9-10-2-4-15(5-3-10)19(16,17)12-6-11(7-13)14-8-12/h6,8,10,14H,2-5,7,9,13H2,1H3. The number of nitrogens with zero attached hydrogens (tertiary/aromatic N) is 1. The molecule has 19 heavy (non-hydrogen) atoms. The van der Waals surface area contributed by atoms with Gasteiger partial charge in [-0.1, -0.05) is 0 Å². The van der Waals surface area contributed by atoms with Gasteiger partial charge in [-0.2, -0.15) is 4.31 Å². The average Bonchev–Trinajstić information content (AvgIpc) is 2.89. The first-order chi connectivity index (χ1) is 9.07. The number of ether oxygens (including phenoxy) is 1. The van der Waals surface area contributed by atoms with Crippen molar-refractivity contribution in [3.63, 3.8) is 0 Å². The molecule has 1 aromatic rings. The Morgan fingerprint density at radius 1 is 1.47 bits per heavy atom. The van der Waals surface area contributed by atoms with Crippen LogP contribution in [-0.2, 0) is 21.3 Å². The molecule has 0 unspecified atom stereocenters. The molecule has 7 heteroatoms. The maximum absolute atomic E-state index is 12.4. The number of nitrogens with two attached hydrogens (primary N) is 1. The number of aromatic amines is 1. The molecule has 0 aromatic carbocycles. The molecule has 0 atom stereocenters. The number of nitrogens with one attached hydrogen (secondary N) is 1. The number of methoxy groups -OCH3 is 1. The Balaban J connectivity index is 2.05. The predicted octanol–water partition coefficient (Wildman–Crippen LogP) is 0.521. The van der Waals surface area contributed by atoms with Gasteiger partial charge in [0.05, 0.1) is 4.90 Å². The van der Waals surface area contributed by atoms with Gasteiger partial charge in [-0.15, -0.1) is 0 Å². The van der Waals surface area contributed by atoms with Gasteiger partial charge in [-0.05, 0) is 24.8 Å².